The molecule has 0 aromatic carbocycles. The largest absolute Gasteiger partial charge is 0.351 e. The zero-order chi connectivity index (χ0) is 15.9. The molecule has 1 saturated heterocycles. The quantitative estimate of drug-likeness (QED) is 0.922. The van der Waals surface area contributed by atoms with Gasteiger partial charge in [-0.2, -0.15) is 0 Å². The molecule has 5 heteroatoms. The van der Waals surface area contributed by atoms with Gasteiger partial charge in [-0.15, -0.1) is 11.3 Å². The Kier molecular flexibility index (Phi) is 3.92. The molecule has 0 unspecified atom stereocenters. The Balaban J connectivity index is 1.29. The van der Waals surface area contributed by atoms with Gasteiger partial charge < -0.3 is 10.2 Å². The van der Waals surface area contributed by atoms with E-state index in [1.807, 2.05) is 22.4 Å². The number of rotatable bonds is 4. The number of likely N-dealkylation sites (tertiary alicyclic amines) is 1. The Labute approximate surface area is 141 Å². The van der Waals surface area contributed by atoms with E-state index in [0.29, 0.717) is 12.5 Å². The molecule has 3 aliphatic rings. The normalized spacial score (nSPS) is 30.1. The minimum atomic E-state index is 0.0911. The van der Waals surface area contributed by atoms with Gasteiger partial charge in [-0.1, -0.05) is 18.9 Å². The maximum atomic E-state index is 12.5. The van der Waals surface area contributed by atoms with Crippen LogP contribution in [0.25, 0.3) is 0 Å². The first kappa shape index (κ1) is 15.2. The van der Waals surface area contributed by atoms with Crippen molar-refractivity contribution in [2.45, 2.75) is 45.1 Å². The molecule has 0 bridgehead atoms. The summed E-state index contributed by atoms with van der Waals surface area (Å²) < 4.78 is 0. The standard InChI is InChI=1S/C18H24N2O2S/c21-16(19-11-14-6-3-9-23-14)15-10-18(15)7-8-20(12-18)17(22)13-4-1-2-5-13/h3,6,9,13,15H,1-2,4-5,7-8,10-12H2,(H,19,21)/t15-,18+/m1/s1. The van der Waals surface area contributed by atoms with Gasteiger partial charge in [0.25, 0.3) is 0 Å². The molecule has 1 spiro atoms. The van der Waals surface area contributed by atoms with Crippen LogP contribution in [0.3, 0.4) is 0 Å². The van der Waals surface area contributed by atoms with E-state index in [-0.39, 0.29) is 23.2 Å². The van der Waals surface area contributed by atoms with Crippen molar-refractivity contribution >= 4 is 23.2 Å². The maximum Gasteiger partial charge on any atom is 0.225 e. The summed E-state index contributed by atoms with van der Waals surface area (Å²) in [5.41, 5.74) is 0.0911. The van der Waals surface area contributed by atoms with Crippen molar-refractivity contribution in [3.05, 3.63) is 22.4 Å². The van der Waals surface area contributed by atoms with Gasteiger partial charge in [0.1, 0.15) is 0 Å². The van der Waals surface area contributed by atoms with Crippen LogP contribution < -0.4 is 5.32 Å². The Morgan fingerprint density at radius 1 is 1.35 bits per heavy atom. The number of carbonyl (C=O) groups excluding carboxylic acids is 2. The van der Waals surface area contributed by atoms with Crippen LogP contribution in [0.5, 0.6) is 0 Å². The SMILES string of the molecule is O=C(NCc1cccs1)[C@H]1C[C@]12CCN(C(=O)C1CCCC1)C2. The van der Waals surface area contributed by atoms with Crippen LogP contribution in [-0.2, 0) is 16.1 Å². The predicted molar refractivity (Wildman–Crippen MR) is 89.9 cm³/mol. The molecule has 124 valence electrons. The fourth-order valence-corrected chi connectivity index (χ4v) is 5.04. The summed E-state index contributed by atoms with van der Waals surface area (Å²) in [7, 11) is 0. The zero-order valence-electron chi connectivity index (χ0n) is 13.4. The first-order chi connectivity index (χ1) is 11.2. The summed E-state index contributed by atoms with van der Waals surface area (Å²) >= 11 is 1.67. The number of thiophene rings is 1. The van der Waals surface area contributed by atoms with Crippen LogP contribution in [0.1, 0.15) is 43.4 Å². The molecular weight excluding hydrogens is 308 g/mol. The Bertz CT molecular complexity index is 594. The third-order valence-electron chi connectivity index (χ3n) is 5.92. The third-order valence-corrected chi connectivity index (χ3v) is 6.80. The first-order valence-electron chi connectivity index (χ1n) is 8.77. The first-order valence-corrected chi connectivity index (χ1v) is 9.65. The lowest BCUT2D eigenvalue weighted by Crippen LogP contribution is -2.34. The second-order valence-corrected chi connectivity index (χ2v) is 8.44. The predicted octanol–water partition coefficient (Wildman–Crippen LogP) is 2.79. The average Bonchev–Trinajstić information content (AvgIpc) is 3.07. The van der Waals surface area contributed by atoms with E-state index in [0.717, 1.165) is 38.8 Å². The maximum absolute atomic E-state index is 12.5. The van der Waals surface area contributed by atoms with Crippen LogP contribution in [0.4, 0.5) is 0 Å². The van der Waals surface area contributed by atoms with E-state index < -0.39 is 0 Å². The number of hydrogen-bond acceptors (Lipinski definition) is 3. The van der Waals surface area contributed by atoms with Crippen molar-refractivity contribution in [1.82, 2.24) is 10.2 Å². The van der Waals surface area contributed by atoms with Crippen LogP contribution >= 0.6 is 11.3 Å². The lowest BCUT2D eigenvalue weighted by atomic mass is 10.0. The van der Waals surface area contributed by atoms with Crippen molar-refractivity contribution in [3.63, 3.8) is 0 Å². The minimum absolute atomic E-state index is 0.0911. The summed E-state index contributed by atoms with van der Waals surface area (Å²) in [5, 5.41) is 5.10. The molecule has 2 saturated carbocycles. The van der Waals surface area contributed by atoms with Gasteiger partial charge in [-0.25, -0.2) is 0 Å². The Morgan fingerprint density at radius 3 is 2.91 bits per heavy atom. The highest BCUT2D eigenvalue weighted by Gasteiger charge is 2.61. The monoisotopic (exact) mass is 332 g/mol. The zero-order valence-corrected chi connectivity index (χ0v) is 14.2. The molecule has 1 N–H and O–H groups in total. The molecular formula is C18H24N2O2S. The van der Waals surface area contributed by atoms with Gasteiger partial charge in [0.15, 0.2) is 0 Å². The highest BCUT2D eigenvalue weighted by Crippen LogP contribution is 2.58. The lowest BCUT2D eigenvalue weighted by molar-refractivity contribution is -0.134. The summed E-state index contributed by atoms with van der Waals surface area (Å²) in [6, 6.07) is 4.05. The molecule has 23 heavy (non-hydrogen) atoms. The van der Waals surface area contributed by atoms with Crippen LogP contribution in [-0.4, -0.2) is 29.8 Å². The van der Waals surface area contributed by atoms with E-state index in [4.69, 9.17) is 0 Å². The van der Waals surface area contributed by atoms with Crippen molar-refractivity contribution in [2.24, 2.45) is 17.3 Å². The van der Waals surface area contributed by atoms with Crippen molar-refractivity contribution in [1.29, 1.82) is 0 Å². The summed E-state index contributed by atoms with van der Waals surface area (Å²) in [6.45, 7) is 2.29. The number of amides is 2. The van der Waals surface area contributed by atoms with Crippen molar-refractivity contribution < 1.29 is 9.59 Å². The van der Waals surface area contributed by atoms with Gasteiger partial charge in [-0.3, -0.25) is 9.59 Å². The molecule has 4 rings (SSSR count). The molecule has 3 fully saturated rings. The molecule has 2 atom stereocenters. The number of nitrogens with zero attached hydrogens (tertiary/aromatic N) is 1. The molecule has 4 nitrogen and oxygen atoms in total. The van der Waals surface area contributed by atoms with Gasteiger partial charge in [0.2, 0.25) is 11.8 Å². The second-order valence-electron chi connectivity index (χ2n) is 7.41. The summed E-state index contributed by atoms with van der Waals surface area (Å²) in [4.78, 5) is 28.2. The molecule has 1 aromatic heterocycles. The van der Waals surface area contributed by atoms with Crippen LogP contribution in [0, 0.1) is 17.3 Å². The topological polar surface area (TPSA) is 49.4 Å². The summed E-state index contributed by atoms with van der Waals surface area (Å²) in [6.07, 6.45) is 6.48. The van der Waals surface area contributed by atoms with Crippen molar-refractivity contribution in [2.75, 3.05) is 13.1 Å². The molecule has 2 aliphatic carbocycles. The van der Waals surface area contributed by atoms with Crippen LogP contribution in [0.2, 0.25) is 0 Å². The molecule has 1 aromatic rings. The van der Waals surface area contributed by atoms with Crippen molar-refractivity contribution in [3.8, 4) is 0 Å². The highest BCUT2D eigenvalue weighted by atomic mass is 32.1. The summed E-state index contributed by atoms with van der Waals surface area (Å²) in [5.74, 6) is 0.899. The number of nitrogens with one attached hydrogen (secondary N) is 1. The van der Waals surface area contributed by atoms with E-state index in [9.17, 15) is 9.59 Å². The number of hydrogen-bond donors (Lipinski definition) is 1. The molecule has 2 heterocycles. The smallest absolute Gasteiger partial charge is 0.225 e. The van der Waals surface area contributed by atoms with Gasteiger partial charge >= 0.3 is 0 Å². The van der Waals surface area contributed by atoms with Crippen LogP contribution in [0.15, 0.2) is 17.5 Å². The highest BCUT2D eigenvalue weighted by molar-refractivity contribution is 7.09. The van der Waals surface area contributed by atoms with E-state index >= 15 is 0 Å². The van der Waals surface area contributed by atoms with Gasteiger partial charge in [0, 0.05) is 35.2 Å². The molecule has 2 amide bonds. The Hall–Kier alpha value is -1.36. The van der Waals surface area contributed by atoms with E-state index in [2.05, 4.69) is 5.32 Å². The van der Waals surface area contributed by atoms with Gasteiger partial charge in [-0.05, 0) is 37.1 Å². The molecule has 0 radical (unpaired) electrons. The Morgan fingerprint density at radius 2 is 2.17 bits per heavy atom. The van der Waals surface area contributed by atoms with Gasteiger partial charge in [0.05, 0.1) is 6.54 Å². The molecule has 1 aliphatic heterocycles. The second kappa shape index (κ2) is 5.93. The number of carbonyl (C=O) groups is 2. The minimum Gasteiger partial charge on any atom is -0.351 e. The third kappa shape index (κ3) is 2.91. The lowest BCUT2D eigenvalue weighted by Gasteiger charge is -2.20. The fraction of sp³-hybridized carbons (Fsp3) is 0.667. The average molecular weight is 332 g/mol. The fourth-order valence-electron chi connectivity index (χ4n) is 4.39. The van der Waals surface area contributed by atoms with E-state index in [1.165, 1.54) is 17.7 Å². The van der Waals surface area contributed by atoms with E-state index in [1.54, 1.807) is 11.3 Å².